The number of imidazole rings is 1. The standard InChI is InChI=1S/C13H16FN3/c1-8-6-10(4-5-11(8)14)13-12(7-15)16-9(2)17(13)3/h4-6H,7,15H2,1-3H3. The van der Waals surface area contributed by atoms with Crippen molar-refractivity contribution in [3.05, 3.63) is 41.1 Å². The van der Waals surface area contributed by atoms with Crippen LogP contribution in [0.4, 0.5) is 4.39 Å². The summed E-state index contributed by atoms with van der Waals surface area (Å²) >= 11 is 0. The molecule has 2 aromatic rings. The summed E-state index contributed by atoms with van der Waals surface area (Å²) in [4.78, 5) is 4.40. The molecule has 0 saturated carbocycles. The minimum absolute atomic E-state index is 0.193. The van der Waals surface area contributed by atoms with E-state index in [1.807, 2.05) is 24.6 Å². The third kappa shape index (κ3) is 1.96. The number of benzene rings is 1. The highest BCUT2D eigenvalue weighted by Crippen LogP contribution is 2.25. The molecular weight excluding hydrogens is 217 g/mol. The largest absolute Gasteiger partial charge is 0.331 e. The van der Waals surface area contributed by atoms with Crippen molar-refractivity contribution in [1.29, 1.82) is 0 Å². The average Bonchev–Trinajstić information content (AvgIpc) is 2.59. The van der Waals surface area contributed by atoms with Crippen molar-refractivity contribution in [3.8, 4) is 11.3 Å². The molecule has 0 radical (unpaired) electrons. The van der Waals surface area contributed by atoms with Crippen molar-refractivity contribution in [2.24, 2.45) is 12.8 Å². The zero-order valence-corrected chi connectivity index (χ0v) is 10.3. The summed E-state index contributed by atoms with van der Waals surface area (Å²) in [6.45, 7) is 4.07. The highest BCUT2D eigenvalue weighted by atomic mass is 19.1. The summed E-state index contributed by atoms with van der Waals surface area (Å²) in [5.41, 5.74) is 9.08. The van der Waals surface area contributed by atoms with Gasteiger partial charge < -0.3 is 10.3 Å². The molecule has 17 heavy (non-hydrogen) atoms. The number of hydrogen-bond donors (Lipinski definition) is 1. The molecule has 2 rings (SSSR count). The van der Waals surface area contributed by atoms with Gasteiger partial charge >= 0.3 is 0 Å². The van der Waals surface area contributed by atoms with E-state index in [-0.39, 0.29) is 5.82 Å². The van der Waals surface area contributed by atoms with Gasteiger partial charge in [0.25, 0.3) is 0 Å². The molecule has 2 N–H and O–H groups in total. The van der Waals surface area contributed by atoms with Crippen LogP contribution in [0.5, 0.6) is 0 Å². The average molecular weight is 233 g/mol. The van der Waals surface area contributed by atoms with Crippen LogP contribution in [-0.2, 0) is 13.6 Å². The molecular formula is C13H16FN3. The van der Waals surface area contributed by atoms with Gasteiger partial charge in [-0.15, -0.1) is 0 Å². The monoisotopic (exact) mass is 233 g/mol. The first-order chi connectivity index (χ1) is 8.04. The lowest BCUT2D eigenvalue weighted by Crippen LogP contribution is -2.01. The Bertz CT molecular complexity index is 558. The predicted molar refractivity (Wildman–Crippen MR) is 66.0 cm³/mol. The van der Waals surface area contributed by atoms with E-state index in [2.05, 4.69) is 4.98 Å². The lowest BCUT2D eigenvalue weighted by atomic mass is 10.1. The van der Waals surface area contributed by atoms with Crippen LogP contribution in [0, 0.1) is 19.7 Å². The fourth-order valence-electron chi connectivity index (χ4n) is 1.97. The molecule has 0 aliphatic rings. The van der Waals surface area contributed by atoms with Crippen LogP contribution in [0.3, 0.4) is 0 Å². The van der Waals surface area contributed by atoms with Crippen LogP contribution in [-0.4, -0.2) is 9.55 Å². The highest BCUT2D eigenvalue weighted by molar-refractivity contribution is 5.64. The van der Waals surface area contributed by atoms with Gasteiger partial charge in [-0.25, -0.2) is 9.37 Å². The van der Waals surface area contributed by atoms with Crippen molar-refractivity contribution in [2.75, 3.05) is 0 Å². The number of halogens is 1. The lowest BCUT2D eigenvalue weighted by molar-refractivity contribution is 0.618. The van der Waals surface area contributed by atoms with Crippen molar-refractivity contribution in [1.82, 2.24) is 9.55 Å². The molecule has 0 atom stereocenters. The Morgan fingerprint density at radius 3 is 2.65 bits per heavy atom. The number of hydrogen-bond acceptors (Lipinski definition) is 2. The molecule has 0 fully saturated rings. The second kappa shape index (κ2) is 4.30. The number of aryl methyl sites for hydroxylation is 2. The summed E-state index contributed by atoms with van der Waals surface area (Å²) in [5.74, 6) is 0.712. The first-order valence-corrected chi connectivity index (χ1v) is 5.53. The molecule has 0 aliphatic heterocycles. The van der Waals surface area contributed by atoms with Crippen molar-refractivity contribution < 1.29 is 4.39 Å². The van der Waals surface area contributed by atoms with Gasteiger partial charge in [-0.05, 0) is 37.6 Å². The Morgan fingerprint density at radius 1 is 1.35 bits per heavy atom. The Balaban J connectivity index is 2.63. The van der Waals surface area contributed by atoms with E-state index >= 15 is 0 Å². The Hall–Kier alpha value is -1.68. The summed E-state index contributed by atoms with van der Waals surface area (Å²) in [6, 6.07) is 5.07. The normalized spacial score (nSPS) is 10.9. The van der Waals surface area contributed by atoms with Crippen molar-refractivity contribution >= 4 is 0 Å². The van der Waals surface area contributed by atoms with Crippen molar-refractivity contribution in [2.45, 2.75) is 20.4 Å². The molecule has 1 aromatic carbocycles. The van der Waals surface area contributed by atoms with E-state index < -0.39 is 0 Å². The van der Waals surface area contributed by atoms with E-state index in [1.165, 1.54) is 6.07 Å². The van der Waals surface area contributed by atoms with E-state index in [4.69, 9.17) is 5.73 Å². The Kier molecular flexibility index (Phi) is 2.98. The highest BCUT2D eigenvalue weighted by Gasteiger charge is 2.13. The first kappa shape index (κ1) is 11.8. The smallest absolute Gasteiger partial charge is 0.126 e. The summed E-state index contributed by atoms with van der Waals surface area (Å²) in [7, 11) is 1.94. The third-order valence-electron chi connectivity index (χ3n) is 3.02. The summed E-state index contributed by atoms with van der Waals surface area (Å²) in [5, 5.41) is 0. The first-order valence-electron chi connectivity index (χ1n) is 5.53. The maximum absolute atomic E-state index is 13.3. The molecule has 4 heteroatoms. The van der Waals surface area contributed by atoms with Crippen molar-refractivity contribution in [3.63, 3.8) is 0 Å². The van der Waals surface area contributed by atoms with Crippen LogP contribution in [0.25, 0.3) is 11.3 Å². The van der Waals surface area contributed by atoms with Crippen LogP contribution < -0.4 is 5.73 Å². The number of nitrogens with zero attached hydrogens (tertiary/aromatic N) is 2. The van der Waals surface area contributed by atoms with Crippen LogP contribution in [0.15, 0.2) is 18.2 Å². The van der Waals surface area contributed by atoms with E-state index in [0.717, 1.165) is 22.8 Å². The molecule has 0 saturated heterocycles. The summed E-state index contributed by atoms with van der Waals surface area (Å²) < 4.78 is 15.2. The Morgan fingerprint density at radius 2 is 2.06 bits per heavy atom. The van der Waals surface area contributed by atoms with Gasteiger partial charge in [-0.2, -0.15) is 0 Å². The number of nitrogens with two attached hydrogens (primary N) is 1. The molecule has 0 spiro atoms. The van der Waals surface area contributed by atoms with Gasteiger partial charge in [0.15, 0.2) is 0 Å². The van der Waals surface area contributed by atoms with E-state index in [9.17, 15) is 4.39 Å². The Labute approximate surface area is 100 Å². The zero-order chi connectivity index (χ0) is 12.6. The molecule has 0 aliphatic carbocycles. The molecule has 0 bridgehead atoms. The summed E-state index contributed by atoms with van der Waals surface area (Å²) in [6.07, 6.45) is 0. The lowest BCUT2D eigenvalue weighted by Gasteiger charge is -2.07. The topological polar surface area (TPSA) is 43.8 Å². The van der Waals surface area contributed by atoms with Gasteiger partial charge in [-0.3, -0.25) is 0 Å². The predicted octanol–water partition coefficient (Wildman–Crippen LogP) is 2.30. The molecule has 1 aromatic heterocycles. The van der Waals surface area contributed by atoms with E-state index in [0.29, 0.717) is 12.1 Å². The van der Waals surface area contributed by atoms with Gasteiger partial charge in [0, 0.05) is 19.2 Å². The third-order valence-corrected chi connectivity index (χ3v) is 3.02. The minimum Gasteiger partial charge on any atom is -0.331 e. The minimum atomic E-state index is -0.193. The van der Waals surface area contributed by atoms with Gasteiger partial charge in [0.2, 0.25) is 0 Å². The van der Waals surface area contributed by atoms with E-state index in [1.54, 1.807) is 13.0 Å². The van der Waals surface area contributed by atoms with Gasteiger partial charge in [0.05, 0.1) is 11.4 Å². The number of rotatable bonds is 2. The fourth-order valence-corrected chi connectivity index (χ4v) is 1.97. The fraction of sp³-hybridized carbons (Fsp3) is 0.308. The molecule has 90 valence electrons. The second-order valence-electron chi connectivity index (χ2n) is 4.18. The quantitative estimate of drug-likeness (QED) is 0.865. The molecule has 1 heterocycles. The number of aromatic nitrogens is 2. The SMILES string of the molecule is Cc1cc(-c2c(CN)nc(C)n2C)ccc1F. The maximum atomic E-state index is 13.3. The maximum Gasteiger partial charge on any atom is 0.126 e. The van der Waals surface area contributed by atoms with Crippen LogP contribution in [0.1, 0.15) is 17.1 Å². The molecule has 0 unspecified atom stereocenters. The van der Waals surface area contributed by atoms with Crippen LogP contribution >= 0.6 is 0 Å². The molecule has 0 amide bonds. The zero-order valence-electron chi connectivity index (χ0n) is 10.3. The van der Waals surface area contributed by atoms with Gasteiger partial charge in [-0.1, -0.05) is 0 Å². The van der Waals surface area contributed by atoms with Crippen LogP contribution in [0.2, 0.25) is 0 Å². The molecule has 3 nitrogen and oxygen atoms in total. The van der Waals surface area contributed by atoms with Gasteiger partial charge in [0.1, 0.15) is 11.6 Å². The second-order valence-corrected chi connectivity index (χ2v) is 4.18.